The number of fused-ring (bicyclic) bond motifs is 1. The van der Waals surface area contributed by atoms with E-state index in [0.717, 1.165) is 49.8 Å². The van der Waals surface area contributed by atoms with Gasteiger partial charge in [0.2, 0.25) is 0 Å². The highest BCUT2D eigenvalue weighted by molar-refractivity contribution is 6.32. The van der Waals surface area contributed by atoms with Crippen molar-refractivity contribution in [2.75, 3.05) is 5.73 Å². The molecule has 21 heavy (non-hydrogen) atoms. The summed E-state index contributed by atoms with van der Waals surface area (Å²) in [5, 5.41) is 1.83. The number of halogens is 1. The van der Waals surface area contributed by atoms with Crippen molar-refractivity contribution in [2.45, 2.75) is 27.7 Å². The SMILES string of the molecule is Cc1cc(N)c2c(C)cn(-c3cc(C)c(Cl)c(C)c3)c2n1. The standard InChI is InChI=1S/C17H18ClN3/c1-9-5-13(6-10(2)16(9)18)21-8-11(3)15-14(19)7-12(4)20-17(15)21/h5-8H,1-4H3,(H2,19,20). The molecule has 2 heterocycles. The van der Waals surface area contributed by atoms with Gasteiger partial charge in [0.15, 0.2) is 0 Å². The molecular weight excluding hydrogens is 282 g/mol. The number of aryl methyl sites for hydroxylation is 4. The molecule has 0 radical (unpaired) electrons. The van der Waals surface area contributed by atoms with Crippen molar-refractivity contribution >= 4 is 28.3 Å². The Morgan fingerprint density at radius 1 is 1.00 bits per heavy atom. The molecule has 0 amide bonds. The van der Waals surface area contributed by atoms with Crippen LogP contribution in [-0.4, -0.2) is 9.55 Å². The zero-order valence-electron chi connectivity index (χ0n) is 12.7. The van der Waals surface area contributed by atoms with Gasteiger partial charge in [-0.05, 0) is 62.6 Å². The minimum Gasteiger partial charge on any atom is -0.398 e. The molecule has 0 fully saturated rings. The Morgan fingerprint density at radius 2 is 1.62 bits per heavy atom. The quantitative estimate of drug-likeness (QED) is 0.719. The first-order chi connectivity index (χ1) is 9.88. The average molecular weight is 300 g/mol. The molecule has 0 saturated heterocycles. The molecule has 0 bridgehead atoms. The van der Waals surface area contributed by atoms with Gasteiger partial charge < -0.3 is 10.3 Å². The Balaban J connectivity index is 2.36. The van der Waals surface area contributed by atoms with Crippen LogP contribution in [0.2, 0.25) is 5.02 Å². The van der Waals surface area contributed by atoms with Crippen molar-refractivity contribution in [3.05, 3.63) is 51.8 Å². The number of hydrogen-bond donors (Lipinski definition) is 1. The first-order valence-corrected chi connectivity index (χ1v) is 7.28. The second kappa shape index (κ2) is 4.78. The number of benzene rings is 1. The van der Waals surface area contributed by atoms with E-state index in [1.807, 2.05) is 26.8 Å². The maximum Gasteiger partial charge on any atom is 0.147 e. The molecule has 2 N–H and O–H groups in total. The average Bonchev–Trinajstić information content (AvgIpc) is 2.72. The van der Waals surface area contributed by atoms with Crippen molar-refractivity contribution in [3.63, 3.8) is 0 Å². The van der Waals surface area contributed by atoms with E-state index in [1.165, 1.54) is 0 Å². The van der Waals surface area contributed by atoms with Gasteiger partial charge in [0.1, 0.15) is 5.65 Å². The molecule has 0 aliphatic heterocycles. The third kappa shape index (κ3) is 2.18. The van der Waals surface area contributed by atoms with Gasteiger partial charge in [0.25, 0.3) is 0 Å². The molecule has 1 aromatic carbocycles. The largest absolute Gasteiger partial charge is 0.398 e. The van der Waals surface area contributed by atoms with Crippen LogP contribution in [0.5, 0.6) is 0 Å². The number of pyridine rings is 1. The lowest BCUT2D eigenvalue weighted by Gasteiger charge is -2.10. The van der Waals surface area contributed by atoms with Gasteiger partial charge in [0, 0.05) is 33.7 Å². The monoisotopic (exact) mass is 299 g/mol. The zero-order chi connectivity index (χ0) is 15.3. The number of nitrogen functional groups attached to an aromatic ring is 1. The van der Waals surface area contributed by atoms with Crippen molar-refractivity contribution in [3.8, 4) is 5.69 Å². The Morgan fingerprint density at radius 3 is 2.24 bits per heavy atom. The molecule has 3 nitrogen and oxygen atoms in total. The van der Waals surface area contributed by atoms with E-state index < -0.39 is 0 Å². The topological polar surface area (TPSA) is 43.8 Å². The van der Waals surface area contributed by atoms with Crippen LogP contribution in [0.15, 0.2) is 24.4 Å². The molecule has 0 unspecified atom stereocenters. The molecule has 0 aliphatic rings. The van der Waals surface area contributed by atoms with Gasteiger partial charge in [-0.2, -0.15) is 0 Å². The summed E-state index contributed by atoms with van der Waals surface area (Å²) in [5.74, 6) is 0. The molecular formula is C17H18ClN3. The third-order valence-electron chi connectivity index (χ3n) is 3.80. The highest BCUT2D eigenvalue weighted by atomic mass is 35.5. The van der Waals surface area contributed by atoms with Crippen LogP contribution >= 0.6 is 11.6 Å². The predicted molar refractivity (Wildman–Crippen MR) is 89.4 cm³/mol. The molecule has 3 aromatic rings. The fraction of sp³-hybridized carbons (Fsp3) is 0.235. The van der Waals surface area contributed by atoms with Crippen molar-refractivity contribution < 1.29 is 0 Å². The lowest BCUT2D eigenvalue weighted by molar-refractivity contribution is 1.06. The first-order valence-electron chi connectivity index (χ1n) is 6.90. The van der Waals surface area contributed by atoms with Crippen LogP contribution in [0.3, 0.4) is 0 Å². The van der Waals surface area contributed by atoms with Crippen LogP contribution in [0.1, 0.15) is 22.4 Å². The summed E-state index contributed by atoms with van der Waals surface area (Å²) < 4.78 is 2.09. The summed E-state index contributed by atoms with van der Waals surface area (Å²) >= 11 is 6.27. The number of anilines is 1. The fourth-order valence-electron chi connectivity index (χ4n) is 2.84. The van der Waals surface area contributed by atoms with E-state index in [1.54, 1.807) is 0 Å². The summed E-state index contributed by atoms with van der Waals surface area (Å²) in [5.41, 5.74) is 13.1. The Bertz CT molecular complexity index is 839. The van der Waals surface area contributed by atoms with Crippen molar-refractivity contribution in [2.24, 2.45) is 0 Å². The lowest BCUT2D eigenvalue weighted by atomic mass is 10.1. The van der Waals surface area contributed by atoms with Gasteiger partial charge >= 0.3 is 0 Å². The van der Waals surface area contributed by atoms with Gasteiger partial charge in [-0.1, -0.05) is 11.6 Å². The second-order valence-corrected chi connectivity index (χ2v) is 6.01. The minimum absolute atomic E-state index is 0.774. The third-order valence-corrected chi connectivity index (χ3v) is 4.40. The summed E-state index contributed by atoms with van der Waals surface area (Å²) in [6.45, 7) is 8.05. The van der Waals surface area contributed by atoms with E-state index in [4.69, 9.17) is 17.3 Å². The normalized spacial score (nSPS) is 11.3. The number of nitrogens with two attached hydrogens (primary N) is 1. The molecule has 2 aromatic heterocycles. The summed E-state index contributed by atoms with van der Waals surface area (Å²) in [6.07, 6.45) is 2.08. The van der Waals surface area contributed by atoms with Crippen LogP contribution < -0.4 is 5.73 Å². The molecule has 0 atom stereocenters. The molecule has 0 spiro atoms. The second-order valence-electron chi connectivity index (χ2n) is 5.63. The Labute approximate surface area is 129 Å². The number of hydrogen-bond acceptors (Lipinski definition) is 2. The molecule has 0 saturated carbocycles. The maximum atomic E-state index is 6.27. The van der Waals surface area contributed by atoms with Gasteiger partial charge in [0.05, 0.1) is 0 Å². The molecule has 108 valence electrons. The zero-order valence-corrected chi connectivity index (χ0v) is 13.4. The minimum atomic E-state index is 0.774. The highest BCUT2D eigenvalue weighted by Crippen LogP contribution is 2.30. The van der Waals surface area contributed by atoms with E-state index in [9.17, 15) is 0 Å². The summed E-state index contributed by atoms with van der Waals surface area (Å²) in [4.78, 5) is 4.67. The van der Waals surface area contributed by atoms with E-state index in [0.29, 0.717) is 0 Å². The van der Waals surface area contributed by atoms with E-state index >= 15 is 0 Å². The van der Waals surface area contributed by atoms with Crippen molar-refractivity contribution in [1.82, 2.24) is 9.55 Å². The Kier molecular flexibility index (Phi) is 3.18. The van der Waals surface area contributed by atoms with E-state index in [-0.39, 0.29) is 0 Å². The van der Waals surface area contributed by atoms with Gasteiger partial charge in [-0.3, -0.25) is 0 Å². The Hall–Kier alpha value is -2.00. The van der Waals surface area contributed by atoms with Crippen LogP contribution in [0, 0.1) is 27.7 Å². The van der Waals surface area contributed by atoms with Gasteiger partial charge in [-0.25, -0.2) is 4.98 Å². The summed E-state index contributed by atoms with van der Waals surface area (Å²) in [7, 11) is 0. The highest BCUT2D eigenvalue weighted by Gasteiger charge is 2.13. The van der Waals surface area contributed by atoms with Crippen LogP contribution in [0.25, 0.3) is 16.7 Å². The van der Waals surface area contributed by atoms with E-state index in [2.05, 4.69) is 34.8 Å². The first kappa shape index (κ1) is 14.0. The molecule has 3 rings (SSSR count). The predicted octanol–water partition coefficient (Wildman–Crippen LogP) is 4.49. The van der Waals surface area contributed by atoms with Gasteiger partial charge in [-0.15, -0.1) is 0 Å². The number of aromatic nitrogens is 2. The maximum absolute atomic E-state index is 6.27. The lowest BCUT2D eigenvalue weighted by Crippen LogP contribution is -1.98. The summed E-state index contributed by atoms with van der Waals surface area (Å²) in [6, 6.07) is 6.07. The van der Waals surface area contributed by atoms with Crippen molar-refractivity contribution in [1.29, 1.82) is 0 Å². The number of rotatable bonds is 1. The smallest absolute Gasteiger partial charge is 0.147 e. The molecule has 4 heteroatoms. The molecule has 0 aliphatic carbocycles. The number of nitrogens with zero attached hydrogens (tertiary/aromatic N) is 2. The van der Waals surface area contributed by atoms with Crippen LogP contribution in [0.4, 0.5) is 5.69 Å². The fourth-order valence-corrected chi connectivity index (χ4v) is 2.95. The van der Waals surface area contributed by atoms with Crippen LogP contribution in [-0.2, 0) is 0 Å².